The summed E-state index contributed by atoms with van der Waals surface area (Å²) >= 11 is 5.82. The fraction of sp³-hybridized carbons (Fsp3) is 0.300. The van der Waals surface area contributed by atoms with Crippen LogP contribution in [0.25, 0.3) is 0 Å². The molecule has 10 heteroatoms. The van der Waals surface area contributed by atoms with Crippen LogP contribution >= 0.6 is 11.6 Å². The predicted molar refractivity (Wildman–Crippen MR) is 109 cm³/mol. The van der Waals surface area contributed by atoms with Gasteiger partial charge in [0.05, 0.1) is 21.2 Å². The number of rotatable bonds is 6. The molecule has 1 aliphatic heterocycles. The van der Waals surface area contributed by atoms with Crippen molar-refractivity contribution < 1.29 is 27.1 Å². The lowest BCUT2D eigenvalue weighted by Crippen LogP contribution is -2.35. The highest BCUT2D eigenvalue weighted by Crippen LogP contribution is 2.23. The Kier molecular flexibility index (Phi) is 7.06. The fourth-order valence-corrected chi connectivity index (χ4v) is 4.74. The lowest BCUT2D eigenvalue weighted by Gasteiger charge is -2.25. The number of carbonyl (C=O) groups is 2. The molecule has 2 aromatic rings. The molecular weight excluding hydrogens is 435 g/mol. The van der Waals surface area contributed by atoms with E-state index in [-0.39, 0.29) is 21.2 Å². The maximum absolute atomic E-state index is 13.0. The van der Waals surface area contributed by atoms with Gasteiger partial charge >= 0.3 is 5.97 Å². The van der Waals surface area contributed by atoms with Gasteiger partial charge in [0.15, 0.2) is 6.61 Å². The number of hydrogen-bond acceptors (Lipinski definition) is 5. The van der Waals surface area contributed by atoms with Gasteiger partial charge in [0.1, 0.15) is 5.82 Å². The van der Waals surface area contributed by atoms with E-state index in [1.165, 1.54) is 34.6 Å². The Morgan fingerprint density at radius 2 is 1.73 bits per heavy atom. The third kappa shape index (κ3) is 5.35. The predicted octanol–water partition coefficient (Wildman–Crippen LogP) is 3.45. The van der Waals surface area contributed by atoms with Gasteiger partial charge in [0.2, 0.25) is 10.0 Å². The molecule has 0 unspecified atom stereocenters. The molecule has 0 aliphatic carbocycles. The van der Waals surface area contributed by atoms with Gasteiger partial charge < -0.3 is 10.1 Å². The molecule has 1 saturated heterocycles. The zero-order chi connectivity index (χ0) is 21.7. The minimum Gasteiger partial charge on any atom is -0.452 e. The second kappa shape index (κ2) is 9.55. The van der Waals surface area contributed by atoms with Crippen LogP contribution in [-0.4, -0.2) is 44.3 Å². The van der Waals surface area contributed by atoms with Crippen molar-refractivity contribution >= 4 is 39.2 Å². The van der Waals surface area contributed by atoms with Crippen LogP contribution in [0.5, 0.6) is 0 Å². The lowest BCUT2D eigenvalue weighted by atomic mass is 10.2. The van der Waals surface area contributed by atoms with E-state index in [4.69, 9.17) is 16.3 Å². The van der Waals surface area contributed by atoms with Gasteiger partial charge in [-0.25, -0.2) is 17.6 Å². The van der Waals surface area contributed by atoms with Crippen molar-refractivity contribution in [1.29, 1.82) is 0 Å². The summed E-state index contributed by atoms with van der Waals surface area (Å²) < 4.78 is 44.7. The number of ether oxygens (including phenoxy) is 1. The molecule has 30 heavy (non-hydrogen) atoms. The molecule has 7 nitrogen and oxygen atoms in total. The Labute approximate surface area is 178 Å². The number of anilines is 1. The van der Waals surface area contributed by atoms with E-state index < -0.39 is 34.3 Å². The molecule has 2 aromatic carbocycles. The van der Waals surface area contributed by atoms with Crippen LogP contribution in [0.3, 0.4) is 0 Å². The number of amides is 1. The van der Waals surface area contributed by atoms with Crippen molar-refractivity contribution in [3.8, 4) is 0 Å². The Hall–Kier alpha value is -2.49. The van der Waals surface area contributed by atoms with Crippen LogP contribution in [0.1, 0.15) is 29.6 Å². The van der Waals surface area contributed by atoms with Gasteiger partial charge in [0.25, 0.3) is 5.91 Å². The summed E-state index contributed by atoms with van der Waals surface area (Å²) in [6, 6.07) is 8.84. The summed E-state index contributed by atoms with van der Waals surface area (Å²) in [6.07, 6.45) is 2.67. The molecule has 160 valence electrons. The molecule has 0 bridgehead atoms. The minimum atomic E-state index is -3.59. The minimum absolute atomic E-state index is 0.0141. The van der Waals surface area contributed by atoms with Crippen LogP contribution in [0.4, 0.5) is 10.1 Å². The molecule has 0 saturated carbocycles. The highest BCUT2D eigenvalue weighted by atomic mass is 35.5. The summed E-state index contributed by atoms with van der Waals surface area (Å²) in [7, 11) is -3.59. The Bertz CT molecular complexity index is 1040. The SMILES string of the molecule is O=C(COC(=O)c1ccc(S(=O)(=O)N2CCCCC2)cc1)Nc1ccc(F)cc1Cl. The zero-order valence-corrected chi connectivity index (χ0v) is 17.5. The summed E-state index contributed by atoms with van der Waals surface area (Å²) in [6.45, 7) is 0.388. The third-order valence-corrected chi connectivity index (χ3v) is 6.81. The average Bonchev–Trinajstić information content (AvgIpc) is 2.75. The second-order valence-electron chi connectivity index (χ2n) is 6.74. The van der Waals surface area contributed by atoms with Crippen molar-refractivity contribution in [2.24, 2.45) is 0 Å². The van der Waals surface area contributed by atoms with Crippen molar-refractivity contribution in [2.75, 3.05) is 25.0 Å². The number of nitrogens with one attached hydrogen (secondary N) is 1. The van der Waals surface area contributed by atoms with Gasteiger partial charge in [-0.15, -0.1) is 0 Å². The number of carbonyl (C=O) groups excluding carboxylic acids is 2. The van der Waals surface area contributed by atoms with Gasteiger partial charge in [-0.2, -0.15) is 4.31 Å². The summed E-state index contributed by atoms with van der Waals surface area (Å²) in [4.78, 5) is 24.2. The van der Waals surface area contributed by atoms with Crippen LogP contribution < -0.4 is 5.32 Å². The van der Waals surface area contributed by atoms with E-state index in [2.05, 4.69) is 5.32 Å². The largest absolute Gasteiger partial charge is 0.452 e. The van der Waals surface area contributed by atoms with Gasteiger partial charge in [0, 0.05) is 13.1 Å². The number of piperidine rings is 1. The first kappa shape index (κ1) is 22.2. The van der Waals surface area contributed by atoms with E-state index in [0.29, 0.717) is 13.1 Å². The van der Waals surface area contributed by atoms with E-state index in [1.54, 1.807) is 0 Å². The van der Waals surface area contributed by atoms with Crippen molar-refractivity contribution in [1.82, 2.24) is 4.31 Å². The van der Waals surface area contributed by atoms with E-state index in [1.807, 2.05) is 0 Å². The van der Waals surface area contributed by atoms with Crippen molar-refractivity contribution in [3.63, 3.8) is 0 Å². The number of halogens is 2. The first-order valence-electron chi connectivity index (χ1n) is 9.29. The Morgan fingerprint density at radius 1 is 1.07 bits per heavy atom. The zero-order valence-electron chi connectivity index (χ0n) is 15.9. The number of sulfonamides is 1. The first-order valence-corrected chi connectivity index (χ1v) is 11.1. The fourth-order valence-electron chi connectivity index (χ4n) is 3.01. The molecule has 0 atom stereocenters. The van der Waals surface area contributed by atoms with Crippen LogP contribution in [0.15, 0.2) is 47.4 Å². The molecule has 1 heterocycles. The van der Waals surface area contributed by atoms with E-state index in [9.17, 15) is 22.4 Å². The molecular formula is C20H20ClFN2O5S. The molecule has 1 N–H and O–H groups in total. The summed E-state index contributed by atoms with van der Waals surface area (Å²) in [5.74, 6) is -1.98. The van der Waals surface area contributed by atoms with Crippen LogP contribution in [0.2, 0.25) is 5.02 Å². The number of esters is 1. The Morgan fingerprint density at radius 3 is 2.37 bits per heavy atom. The molecule has 0 radical (unpaired) electrons. The standard InChI is InChI=1S/C20H20ClFN2O5S/c21-17-12-15(22)6-9-18(17)23-19(25)13-29-20(26)14-4-7-16(8-5-14)30(27,28)24-10-2-1-3-11-24/h4-9,12H,1-3,10-11,13H2,(H,23,25). The summed E-state index contributed by atoms with van der Waals surface area (Å²) in [5.41, 5.74) is 0.298. The second-order valence-corrected chi connectivity index (χ2v) is 9.08. The maximum Gasteiger partial charge on any atom is 0.338 e. The third-order valence-electron chi connectivity index (χ3n) is 4.58. The summed E-state index contributed by atoms with van der Waals surface area (Å²) in [5, 5.41) is 2.42. The van der Waals surface area contributed by atoms with Crippen LogP contribution in [-0.2, 0) is 19.6 Å². The topological polar surface area (TPSA) is 92.8 Å². The molecule has 3 rings (SSSR count). The molecule has 1 aliphatic rings. The average molecular weight is 455 g/mol. The van der Waals surface area contributed by atoms with E-state index >= 15 is 0 Å². The number of hydrogen-bond donors (Lipinski definition) is 1. The molecule has 0 aromatic heterocycles. The smallest absolute Gasteiger partial charge is 0.338 e. The highest BCUT2D eigenvalue weighted by molar-refractivity contribution is 7.89. The van der Waals surface area contributed by atoms with Gasteiger partial charge in [-0.1, -0.05) is 18.0 Å². The van der Waals surface area contributed by atoms with Crippen molar-refractivity contribution in [3.05, 3.63) is 58.9 Å². The monoisotopic (exact) mass is 454 g/mol. The lowest BCUT2D eigenvalue weighted by molar-refractivity contribution is -0.119. The van der Waals surface area contributed by atoms with Gasteiger partial charge in [-0.05, 0) is 55.3 Å². The quantitative estimate of drug-likeness (QED) is 0.675. The number of nitrogens with zero attached hydrogens (tertiary/aromatic N) is 1. The van der Waals surface area contributed by atoms with Crippen LogP contribution in [0, 0.1) is 5.82 Å². The first-order chi connectivity index (χ1) is 14.3. The maximum atomic E-state index is 13.0. The van der Waals surface area contributed by atoms with E-state index in [0.717, 1.165) is 31.4 Å². The normalized spacial score (nSPS) is 14.9. The van der Waals surface area contributed by atoms with Crippen molar-refractivity contribution in [2.45, 2.75) is 24.2 Å². The molecule has 0 spiro atoms. The Balaban J connectivity index is 1.57. The molecule has 1 amide bonds. The number of benzene rings is 2. The molecule has 1 fully saturated rings. The van der Waals surface area contributed by atoms with Gasteiger partial charge in [-0.3, -0.25) is 4.79 Å². The highest BCUT2D eigenvalue weighted by Gasteiger charge is 2.26.